The molecule has 0 aromatic carbocycles. The van der Waals surface area contributed by atoms with Crippen LogP contribution in [0.25, 0.3) is 33.3 Å². The summed E-state index contributed by atoms with van der Waals surface area (Å²) in [6.07, 6.45) is 5.47. The summed E-state index contributed by atoms with van der Waals surface area (Å²) < 4.78 is 1.47. The van der Waals surface area contributed by atoms with Gasteiger partial charge in [0.15, 0.2) is 5.65 Å². The minimum Gasteiger partial charge on any atom is -0.367 e. The Bertz CT molecular complexity index is 1220. The topological polar surface area (TPSA) is 101 Å². The molecule has 1 aliphatic carbocycles. The minimum absolute atomic E-state index is 0.102. The van der Waals surface area contributed by atoms with Gasteiger partial charge in [0.05, 0.1) is 23.1 Å². The quantitative estimate of drug-likeness (QED) is 0.589. The molecule has 5 rings (SSSR count). The van der Waals surface area contributed by atoms with E-state index < -0.39 is 0 Å². The maximum atomic E-state index is 12.6. The number of imidazole rings is 1. The number of fused-ring (bicyclic) bond motifs is 2. The van der Waals surface area contributed by atoms with Gasteiger partial charge in [0.2, 0.25) is 0 Å². The predicted molar refractivity (Wildman–Crippen MR) is 99.0 cm³/mol. The lowest BCUT2D eigenvalue weighted by atomic mass is 10.1. The monoisotopic (exact) mass is 347 g/mol. The number of aromatic amines is 1. The van der Waals surface area contributed by atoms with E-state index in [0.717, 1.165) is 35.4 Å². The third-order valence-electron chi connectivity index (χ3n) is 4.57. The Morgan fingerprint density at radius 2 is 2.08 bits per heavy atom. The normalized spacial score (nSPS) is 14.2. The number of nitrogens with zero attached hydrogens (tertiary/aromatic N) is 5. The summed E-state index contributed by atoms with van der Waals surface area (Å²) in [7, 11) is 1.70. The highest BCUT2D eigenvalue weighted by molar-refractivity contribution is 5.92. The number of nitrogens with one attached hydrogen (secondary N) is 2. The van der Waals surface area contributed by atoms with Crippen LogP contribution >= 0.6 is 0 Å². The first-order valence-corrected chi connectivity index (χ1v) is 8.54. The van der Waals surface area contributed by atoms with Crippen molar-refractivity contribution in [3.05, 3.63) is 40.8 Å². The molecule has 4 heterocycles. The zero-order chi connectivity index (χ0) is 17.8. The SMILES string of the molecule is Cc1nc2ncc(-c3cc4ncn(C)c(=O)c4c(NC4CC4)n3)cc2[nH]1. The summed E-state index contributed by atoms with van der Waals surface area (Å²) in [5.74, 6) is 1.41. The number of aryl methyl sites for hydroxylation is 2. The standard InChI is InChI=1S/C18H17N7O/c1-9-21-14-5-10(7-19-16(14)22-9)12-6-13-15(18(26)25(2)8-20-13)17(24-12)23-11-3-4-11/h5-8,11H,3-4H2,1-2H3,(H,23,24)(H,19,21,22). The number of anilines is 1. The fourth-order valence-electron chi connectivity index (χ4n) is 3.06. The second-order valence-electron chi connectivity index (χ2n) is 6.75. The molecule has 0 amide bonds. The molecule has 0 saturated heterocycles. The summed E-state index contributed by atoms with van der Waals surface area (Å²) in [6.45, 7) is 1.90. The number of aromatic nitrogens is 6. The van der Waals surface area contributed by atoms with Gasteiger partial charge in [0, 0.05) is 24.8 Å². The van der Waals surface area contributed by atoms with Crippen LogP contribution in [0.3, 0.4) is 0 Å². The number of hydrogen-bond donors (Lipinski definition) is 2. The van der Waals surface area contributed by atoms with Crippen LogP contribution < -0.4 is 10.9 Å². The zero-order valence-electron chi connectivity index (χ0n) is 14.4. The largest absolute Gasteiger partial charge is 0.367 e. The highest BCUT2D eigenvalue weighted by Gasteiger charge is 2.24. The van der Waals surface area contributed by atoms with Crippen molar-refractivity contribution in [3.63, 3.8) is 0 Å². The molecule has 8 nitrogen and oxygen atoms in total. The summed E-state index contributed by atoms with van der Waals surface area (Å²) in [4.78, 5) is 33.7. The maximum Gasteiger partial charge on any atom is 0.264 e. The van der Waals surface area contributed by atoms with E-state index in [-0.39, 0.29) is 5.56 Å². The highest BCUT2D eigenvalue weighted by atomic mass is 16.1. The fourth-order valence-corrected chi connectivity index (χ4v) is 3.06. The Morgan fingerprint density at radius 1 is 1.23 bits per heavy atom. The molecule has 8 heteroatoms. The average Bonchev–Trinajstić information content (AvgIpc) is 3.35. The summed E-state index contributed by atoms with van der Waals surface area (Å²) in [5.41, 5.74) is 3.63. The van der Waals surface area contributed by atoms with Crippen molar-refractivity contribution in [3.8, 4) is 11.3 Å². The van der Waals surface area contributed by atoms with E-state index in [1.807, 2.05) is 19.1 Å². The van der Waals surface area contributed by atoms with Gasteiger partial charge in [-0.15, -0.1) is 0 Å². The number of H-pyrrole nitrogens is 1. The van der Waals surface area contributed by atoms with Crippen LogP contribution in [0.15, 0.2) is 29.5 Å². The molecule has 0 spiro atoms. The first-order chi connectivity index (χ1) is 12.6. The van der Waals surface area contributed by atoms with Gasteiger partial charge in [0.1, 0.15) is 17.0 Å². The van der Waals surface area contributed by atoms with Crippen molar-refractivity contribution < 1.29 is 0 Å². The molecular formula is C18H17N7O. The lowest BCUT2D eigenvalue weighted by Gasteiger charge is -2.11. The van der Waals surface area contributed by atoms with E-state index in [0.29, 0.717) is 28.4 Å². The molecule has 2 N–H and O–H groups in total. The van der Waals surface area contributed by atoms with E-state index in [1.165, 1.54) is 10.9 Å². The van der Waals surface area contributed by atoms with Gasteiger partial charge in [-0.1, -0.05) is 0 Å². The van der Waals surface area contributed by atoms with Crippen LogP contribution in [0.5, 0.6) is 0 Å². The number of pyridine rings is 2. The van der Waals surface area contributed by atoms with Crippen molar-refractivity contribution >= 4 is 27.9 Å². The Hall–Kier alpha value is -3.29. The van der Waals surface area contributed by atoms with Crippen molar-refractivity contribution in [2.24, 2.45) is 7.05 Å². The molecule has 4 aromatic rings. The van der Waals surface area contributed by atoms with Gasteiger partial charge in [-0.25, -0.2) is 19.9 Å². The third-order valence-corrected chi connectivity index (χ3v) is 4.57. The maximum absolute atomic E-state index is 12.6. The molecule has 0 bridgehead atoms. The van der Waals surface area contributed by atoms with E-state index in [2.05, 4.69) is 25.3 Å². The first-order valence-electron chi connectivity index (χ1n) is 8.54. The van der Waals surface area contributed by atoms with Gasteiger partial charge in [-0.3, -0.25) is 4.79 Å². The van der Waals surface area contributed by atoms with Gasteiger partial charge >= 0.3 is 0 Å². The summed E-state index contributed by atoms with van der Waals surface area (Å²) >= 11 is 0. The molecule has 1 fully saturated rings. The van der Waals surface area contributed by atoms with Gasteiger partial charge in [-0.05, 0) is 31.9 Å². The lowest BCUT2D eigenvalue weighted by molar-refractivity contribution is 0.842. The molecule has 0 atom stereocenters. The van der Waals surface area contributed by atoms with Gasteiger partial charge < -0.3 is 14.9 Å². The van der Waals surface area contributed by atoms with Crippen molar-refractivity contribution in [1.29, 1.82) is 0 Å². The predicted octanol–water partition coefficient (Wildman–Crippen LogP) is 2.15. The van der Waals surface area contributed by atoms with Crippen molar-refractivity contribution in [1.82, 2.24) is 29.5 Å². The van der Waals surface area contributed by atoms with E-state index in [4.69, 9.17) is 4.98 Å². The van der Waals surface area contributed by atoms with Gasteiger partial charge in [-0.2, -0.15) is 0 Å². The Labute approximate surface area is 148 Å². The first kappa shape index (κ1) is 15.0. The molecular weight excluding hydrogens is 330 g/mol. The average molecular weight is 347 g/mol. The Kier molecular flexibility index (Phi) is 3.09. The van der Waals surface area contributed by atoms with Gasteiger partial charge in [0.25, 0.3) is 5.56 Å². The number of hydrogen-bond acceptors (Lipinski definition) is 6. The van der Waals surface area contributed by atoms with E-state index in [9.17, 15) is 4.79 Å². The van der Waals surface area contributed by atoms with E-state index >= 15 is 0 Å². The molecule has 0 aliphatic heterocycles. The Morgan fingerprint density at radius 3 is 2.88 bits per heavy atom. The van der Waals surface area contributed by atoms with Crippen LogP contribution in [0, 0.1) is 6.92 Å². The Balaban J connectivity index is 1.73. The zero-order valence-corrected chi connectivity index (χ0v) is 14.4. The second-order valence-corrected chi connectivity index (χ2v) is 6.75. The third kappa shape index (κ3) is 2.42. The molecule has 130 valence electrons. The van der Waals surface area contributed by atoms with Crippen LogP contribution in [0.2, 0.25) is 0 Å². The second kappa shape index (κ2) is 5.35. The van der Waals surface area contributed by atoms with E-state index in [1.54, 1.807) is 13.2 Å². The molecule has 26 heavy (non-hydrogen) atoms. The minimum atomic E-state index is -0.102. The molecule has 1 saturated carbocycles. The summed E-state index contributed by atoms with van der Waals surface area (Å²) in [6, 6.07) is 4.18. The smallest absolute Gasteiger partial charge is 0.264 e. The van der Waals surface area contributed by atoms with Crippen LogP contribution in [0.1, 0.15) is 18.7 Å². The van der Waals surface area contributed by atoms with Crippen LogP contribution in [-0.4, -0.2) is 35.5 Å². The molecule has 0 unspecified atom stereocenters. The van der Waals surface area contributed by atoms with Crippen LogP contribution in [-0.2, 0) is 7.05 Å². The molecule has 1 aliphatic rings. The fraction of sp³-hybridized carbons (Fsp3) is 0.278. The molecule has 4 aromatic heterocycles. The van der Waals surface area contributed by atoms with Crippen LogP contribution in [0.4, 0.5) is 5.82 Å². The van der Waals surface area contributed by atoms with Crippen molar-refractivity contribution in [2.45, 2.75) is 25.8 Å². The summed E-state index contributed by atoms with van der Waals surface area (Å²) in [5, 5.41) is 3.90. The lowest BCUT2D eigenvalue weighted by Crippen LogP contribution is -2.19. The van der Waals surface area contributed by atoms with Crippen molar-refractivity contribution in [2.75, 3.05) is 5.32 Å². The highest BCUT2D eigenvalue weighted by Crippen LogP contribution is 2.30. The molecule has 0 radical (unpaired) electrons. The number of rotatable bonds is 3.